The average molecular weight is 501 g/mol. The van der Waals surface area contributed by atoms with Gasteiger partial charge in [-0.05, 0) is 44.5 Å². The molecule has 2 saturated heterocycles. The van der Waals surface area contributed by atoms with Crippen LogP contribution in [0.25, 0.3) is 22.2 Å². The van der Waals surface area contributed by atoms with Gasteiger partial charge in [0.2, 0.25) is 11.9 Å². The number of halogens is 1. The number of benzene rings is 1. The lowest BCUT2D eigenvalue weighted by Gasteiger charge is -2.52. The smallest absolute Gasteiger partial charge is 0.270 e. The molecule has 37 heavy (non-hydrogen) atoms. The molecule has 0 saturated carbocycles. The summed E-state index contributed by atoms with van der Waals surface area (Å²) in [4.78, 5) is 36.2. The van der Waals surface area contributed by atoms with E-state index in [0.29, 0.717) is 48.2 Å². The number of ether oxygens (including phenoxy) is 1. The minimum atomic E-state index is -0.547. The molecule has 188 valence electrons. The lowest BCUT2D eigenvalue weighted by Crippen LogP contribution is -2.64. The maximum atomic E-state index is 14.7. The first kappa shape index (κ1) is 23.2. The molecule has 2 aliphatic heterocycles. The van der Waals surface area contributed by atoms with E-state index in [1.165, 1.54) is 6.20 Å². The Morgan fingerprint density at radius 3 is 2.62 bits per heavy atom. The van der Waals surface area contributed by atoms with Crippen molar-refractivity contribution in [2.45, 2.75) is 38.4 Å². The predicted octanol–water partition coefficient (Wildman–Crippen LogP) is 3.48. The number of nitrogens with zero attached hydrogens (tertiary/aromatic N) is 6. The second kappa shape index (κ2) is 9.32. The van der Waals surface area contributed by atoms with Crippen LogP contribution in [0, 0.1) is 5.82 Å². The fourth-order valence-corrected chi connectivity index (χ4v) is 4.66. The van der Waals surface area contributed by atoms with Crippen molar-refractivity contribution < 1.29 is 13.9 Å². The number of anilines is 3. The SMILES string of the molecule is CC(C)NC(=O)c1ccc(Nc2ncc(F)c(-c3ccc4nc(N5C6COCC5C6)ncc4c3)n2)cn1. The summed E-state index contributed by atoms with van der Waals surface area (Å²) in [5.41, 5.74) is 2.38. The molecule has 0 radical (unpaired) electrons. The molecular formula is C26H25FN8O2. The predicted molar refractivity (Wildman–Crippen MR) is 136 cm³/mol. The Labute approximate surface area is 212 Å². The Morgan fingerprint density at radius 1 is 1.05 bits per heavy atom. The van der Waals surface area contributed by atoms with Crippen LogP contribution in [0.3, 0.4) is 0 Å². The van der Waals surface area contributed by atoms with Gasteiger partial charge in [-0.15, -0.1) is 0 Å². The van der Waals surface area contributed by atoms with Gasteiger partial charge in [-0.25, -0.2) is 29.3 Å². The second-order valence-corrected chi connectivity index (χ2v) is 9.51. The molecule has 2 N–H and O–H groups in total. The van der Waals surface area contributed by atoms with Gasteiger partial charge >= 0.3 is 0 Å². The highest BCUT2D eigenvalue weighted by molar-refractivity contribution is 5.92. The highest BCUT2D eigenvalue weighted by Gasteiger charge is 2.43. The van der Waals surface area contributed by atoms with Crippen LogP contribution in [-0.2, 0) is 4.74 Å². The van der Waals surface area contributed by atoms with Gasteiger partial charge in [0.25, 0.3) is 5.91 Å². The van der Waals surface area contributed by atoms with Crippen LogP contribution >= 0.6 is 0 Å². The molecule has 2 unspecified atom stereocenters. The molecule has 5 heterocycles. The molecule has 0 aliphatic carbocycles. The Kier molecular flexibility index (Phi) is 5.84. The van der Waals surface area contributed by atoms with E-state index in [1.54, 1.807) is 24.4 Å². The van der Waals surface area contributed by atoms with Crippen LogP contribution in [0.15, 0.2) is 48.9 Å². The topological polar surface area (TPSA) is 118 Å². The van der Waals surface area contributed by atoms with Crippen molar-refractivity contribution in [1.29, 1.82) is 0 Å². The Morgan fingerprint density at radius 2 is 1.89 bits per heavy atom. The summed E-state index contributed by atoms with van der Waals surface area (Å²) in [6, 6.07) is 9.43. The standard InChI is InChI=1S/C26H25FN8O2/c1-14(2)31-24(36)22-6-4-17(10-28-22)32-25-29-11-20(27)23(34-25)15-3-5-21-16(7-15)9-30-26(33-21)35-18-8-19(35)13-37-12-18/h3-7,9-11,14,18-19H,8,12-13H2,1-2H3,(H,31,36)(H,29,32,34). The fourth-order valence-electron chi connectivity index (χ4n) is 4.66. The highest BCUT2D eigenvalue weighted by Crippen LogP contribution is 2.35. The normalized spacial score (nSPS) is 18.5. The number of pyridine rings is 1. The minimum absolute atomic E-state index is 0.0113. The molecule has 4 aromatic rings. The van der Waals surface area contributed by atoms with Gasteiger partial charge in [-0.2, -0.15) is 0 Å². The van der Waals surface area contributed by atoms with Crippen molar-refractivity contribution in [1.82, 2.24) is 30.2 Å². The van der Waals surface area contributed by atoms with Gasteiger partial charge in [0.15, 0.2) is 5.82 Å². The van der Waals surface area contributed by atoms with E-state index >= 15 is 0 Å². The molecule has 11 heteroatoms. The average Bonchev–Trinajstić information content (AvgIpc) is 2.90. The van der Waals surface area contributed by atoms with Crippen molar-refractivity contribution in [2.24, 2.45) is 0 Å². The zero-order valence-corrected chi connectivity index (χ0v) is 20.3. The lowest BCUT2D eigenvalue weighted by atomic mass is 9.92. The quantitative estimate of drug-likeness (QED) is 0.410. The van der Waals surface area contributed by atoms with Crippen LogP contribution in [0.1, 0.15) is 30.8 Å². The monoisotopic (exact) mass is 500 g/mol. The summed E-state index contributed by atoms with van der Waals surface area (Å²) in [7, 11) is 0. The van der Waals surface area contributed by atoms with E-state index < -0.39 is 5.82 Å². The minimum Gasteiger partial charge on any atom is -0.377 e. The van der Waals surface area contributed by atoms with E-state index in [2.05, 4.69) is 35.5 Å². The molecule has 2 aliphatic rings. The van der Waals surface area contributed by atoms with Crippen molar-refractivity contribution in [3.63, 3.8) is 0 Å². The second-order valence-electron chi connectivity index (χ2n) is 9.51. The maximum Gasteiger partial charge on any atom is 0.270 e. The van der Waals surface area contributed by atoms with Gasteiger partial charge in [0.1, 0.15) is 11.4 Å². The highest BCUT2D eigenvalue weighted by atomic mass is 19.1. The molecule has 2 bridgehead atoms. The first-order chi connectivity index (χ1) is 17.9. The van der Waals surface area contributed by atoms with Crippen molar-refractivity contribution in [3.8, 4) is 11.3 Å². The van der Waals surface area contributed by atoms with E-state index in [0.717, 1.165) is 23.5 Å². The molecule has 6 rings (SSSR count). The number of carbonyl (C=O) groups excluding carboxylic acids is 1. The zero-order chi connectivity index (χ0) is 25.5. The third-order valence-corrected chi connectivity index (χ3v) is 6.44. The molecule has 2 fully saturated rings. The summed E-state index contributed by atoms with van der Waals surface area (Å²) in [5, 5.41) is 6.59. The first-order valence-corrected chi connectivity index (χ1v) is 12.1. The molecule has 0 spiro atoms. The summed E-state index contributed by atoms with van der Waals surface area (Å²) < 4.78 is 20.3. The van der Waals surface area contributed by atoms with E-state index in [4.69, 9.17) is 9.72 Å². The lowest BCUT2D eigenvalue weighted by molar-refractivity contribution is 0.00911. The molecule has 1 aromatic carbocycles. The largest absolute Gasteiger partial charge is 0.377 e. The fraction of sp³-hybridized carbons (Fsp3) is 0.308. The van der Waals surface area contributed by atoms with Crippen LogP contribution in [0.2, 0.25) is 0 Å². The molecular weight excluding hydrogens is 475 g/mol. The zero-order valence-electron chi connectivity index (χ0n) is 20.3. The number of fused-ring (bicyclic) bond motifs is 3. The van der Waals surface area contributed by atoms with E-state index in [-0.39, 0.29) is 23.6 Å². The van der Waals surface area contributed by atoms with Gasteiger partial charge in [-0.3, -0.25) is 4.79 Å². The third kappa shape index (κ3) is 4.53. The van der Waals surface area contributed by atoms with E-state index in [1.807, 2.05) is 26.0 Å². The number of rotatable bonds is 6. The summed E-state index contributed by atoms with van der Waals surface area (Å²) in [5.74, 6) is 0.104. The Hall–Kier alpha value is -4.25. The van der Waals surface area contributed by atoms with Crippen molar-refractivity contribution in [2.75, 3.05) is 23.4 Å². The number of hydrogen-bond donors (Lipinski definition) is 2. The molecule has 10 nitrogen and oxygen atoms in total. The van der Waals surface area contributed by atoms with Crippen LogP contribution in [0.5, 0.6) is 0 Å². The van der Waals surface area contributed by atoms with Gasteiger partial charge < -0.3 is 20.3 Å². The first-order valence-electron chi connectivity index (χ1n) is 12.1. The summed E-state index contributed by atoms with van der Waals surface area (Å²) >= 11 is 0. The number of aromatic nitrogens is 5. The van der Waals surface area contributed by atoms with Crippen molar-refractivity contribution >= 4 is 34.4 Å². The van der Waals surface area contributed by atoms with Crippen LogP contribution in [-0.4, -0.2) is 62.2 Å². The summed E-state index contributed by atoms with van der Waals surface area (Å²) in [6.07, 6.45) is 5.50. The number of carbonyl (C=O) groups is 1. The van der Waals surface area contributed by atoms with Crippen LogP contribution < -0.4 is 15.5 Å². The number of nitrogens with one attached hydrogen (secondary N) is 2. The third-order valence-electron chi connectivity index (χ3n) is 6.44. The molecule has 3 aromatic heterocycles. The van der Waals surface area contributed by atoms with Gasteiger partial charge in [0, 0.05) is 23.2 Å². The molecule has 2 atom stereocenters. The Balaban J connectivity index is 1.22. The summed E-state index contributed by atoms with van der Waals surface area (Å²) in [6.45, 7) is 5.16. The number of morpholine rings is 1. The van der Waals surface area contributed by atoms with Crippen molar-refractivity contribution in [3.05, 3.63) is 60.4 Å². The number of hydrogen-bond acceptors (Lipinski definition) is 9. The van der Waals surface area contributed by atoms with Gasteiger partial charge in [0.05, 0.1) is 48.9 Å². The Bertz CT molecular complexity index is 1470. The van der Waals surface area contributed by atoms with Gasteiger partial charge in [-0.1, -0.05) is 6.07 Å². The maximum absolute atomic E-state index is 14.7. The number of amides is 1. The van der Waals surface area contributed by atoms with E-state index in [9.17, 15) is 9.18 Å². The molecule has 1 amide bonds. The van der Waals surface area contributed by atoms with Crippen LogP contribution in [0.4, 0.5) is 22.0 Å².